The molecule has 1 saturated heterocycles. The molecule has 1 atom stereocenters. The van der Waals surface area contributed by atoms with Crippen LogP contribution in [-0.4, -0.2) is 31.5 Å². The molecule has 7 nitrogen and oxygen atoms in total. The van der Waals surface area contributed by atoms with Crippen LogP contribution < -0.4 is 11.2 Å². The van der Waals surface area contributed by atoms with Gasteiger partial charge in [0.15, 0.2) is 0 Å². The van der Waals surface area contributed by atoms with Crippen LogP contribution in [-0.2, 0) is 25.1 Å². The highest BCUT2D eigenvalue weighted by Gasteiger charge is 2.39. The molecule has 3 heterocycles. The van der Waals surface area contributed by atoms with E-state index in [0.29, 0.717) is 24.0 Å². The molecule has 4 rings (SSSR count). The molecule has 1 aliphatic carbocycles. The van der Waals surface area contributed by atoms with Gasteiger partial charge in [0.2, 0.25) is 5.91 Å². The Bertz CT molecular complexity index is 1150. The van der Waals surface area contributed by atoms with Gasteiger partial charge in [0.25, 0.3) is 5.56 Å². The first-order valence-electron chi connectivity index (χ1n) is 10.6. The van der Waals surface area contributed by atoms with E-state index in [2.05, 4.69) is 4.98 Å². The summed E-state index contributed by atoms with van der Waals surface area (Å²) in [5.74, 6) is -0.135. The van der Waals surface area contributed by atoms with Crippen LogP contribution in [0.15, 0.2) is 15.7 Å². The van der Waals surface area contributed by atoms with Crippen molar-refractivity contribution in [2.24, 2.45) is 20.0 Å². The average Bonchev–Trinajstić information content (AvgIpc) is 3.24. The van der Waals surface area contributed by atoms with Gasteiger partial charge in [-0.1, -0.05) is 19.3 Å². The highest BCUT2D eigenvalue weighted by atomic mass is 19.4. The molecule has 0 bridgehead atoms. The van der Waals surface area contributed by atoms with E-state index in [1.54, 1.807) is 4.90 Å². The van der Waals surface area contributed by atoms with Crippen LogP contribution in [0, 0.1) is 5.92 Å². The van der Waals surface area contributed by atoms with Crippen LogP contribution in [0.3, 0.4) is 0 Å². The van der Waals surface area contributed by atoms with Gasteiger partial charge in [-0.3, -0.25) is 18.7 Å². The summed E-state index contributed by atoms with van der Waals surface area (Å²) in [5, 5.41) is -0.635. The predicted molar refractivity (Wildman–Crippen MR) is 107 cm³/mol. The Morgan fingerprint density at radius 1 is 1.03 bits per heavy atom. The molecular weight excluding hydrogens is 413 g/mol. The number of rotatable bonds is 2. The standard InChI is InChI=1S/C21H25F3N4O3/c1-26-17-16(19(30)27(2)20(26)31)13(21(22,23)24)11-14(25-17)15-9-6-10-28(15)18(29)12-7-4-3-5-8-12/h11-12,15H,3-10H2,1-2H3. The predicted octanol–water partition coefficient (Wildman–Crippen LogP) is 2.89. The highest BCUT2D eigenvalue weighted by molar-refractivity contribution is 5.81. The number of pyridine rings is 1. The first-order chi connectivity index (χ1) is 14.6. The van der Waals surface area contributed by atoms with Crippen molar-refractivity contribution < 1.29 is 18.0 Å². The number of carbonyl (C=O) groups is 1. The lowest BCUT2D eigenvalue weighted by molar-refractivity contribution is -0.137. The summed E-state index contributed by atoms with van der Waals surface area (Å²) >= 11 is 0. The molecule has 1 saturated carbocycles. The largest absolute Gasteiger partial charge is 0.417 e. The van der Waals surface area contributed by atoms with E-state index in [9.17, 15) is 27.6 Å². The van der Waals surface area contributed by atoms with Crippen LogP contribution in [0.25, 0.3) is 11.0 Å². The second-order valence-corrected chi connectivity index (χ2v) is 8.52. The number of halogens is 3. The Kier molecular flexibility index (Phi) is 5.43. The lowest BCUT2D eigenvalue weighted by Crippen LogP contribution is -2.39. The van der Waals surface area contributed by atoms with E-state index in [-0.39, 0.29) is 23.2 Å². The molecule has 2 aromatic heterocycles. The molecular formula is C21H25F3N4O3. The van der Waals surface area contributed by atoms with Gasteiger partial charge in [0.05, 0.1) is 22.7 Å². The SMILES string of the molecule is Cn1c(=O)c2c(C(F)(F)F)cc(C3CCCN3C(=O)C3CCCCC3)nc2n(C)c1=O. The summed E-state index contributed by atoms with van der Waals surface area (Å²) in [5.41, 5.74) is -3.15. The molecule has 0 N–H and O–H groups in total. The maximum Gasteiger partial charge on any atom is 0.417 e. The van der Waals surface area contributed by atoms with E-state index in [1.165, 1.54) is 7.05 Å². The van der Waals surface area contributed by atoms with Crippen LogP contribution >= 0.6 is 0 Å². The third-order valence-electron chi connectivity index (χ3n) is 6.57. The maximum atomic E-state index is 13.9. The van der Waals surface area contributed by atoms with Gasteiger partial charge in [-0.2, -0.15) is 13.2 Å². The summed E-state index contributed by atoms with van der Waals surface area (Å²) in [6.45, 7) is 0.469. The number of nitrogens with zero attached hydrogens (tertiary/aromatic N) is 4. The average molecular weight is 438 g/mol. The third kappa shape index (κ3) is 3.65. The summed E-state index contributed by atoms with van der Waals surface area (Å²) < 4.78 is 43.4. The van der Waals surface area contributed by atoms with Crippen LogP contribution in [0.4, 0.5) is 13.2 Å². The Balaban J connectivity index is 1.87. The number of hydrogen-bond acceptors (Lipinski definition) is 4. The van der Waals surface area contributed by atoms with Crippen LogP contribution in [0.2, 0.25) is 0 Å². The van der Waals surface area contributed by atoms with Gasteiger partial charge in [0, 0.05) is 26.6 Å². The van der Waals surface area contributed by atoms with Gasteiger partial charge in [-0.25, -0.2) is 9.78 Å². The van der Waals surface area contributed by atoms with Crippen molar-refractivity contribution in [1.82, 2.24) is 19.0 Å². The van der Waals surface area contributed by atoms with E-state index >= 15 is 0 Å². The molecule has 168 valence electrons. The number of fused-ring (bicyclic) bond motifs is 1. The van der Waals surface area contributed by atoms with E-state index in [4.69, 9.17) is 0 Å². The fourth-order valence-electron chi connectivity index (χ4n) is 4.89. The second kappa shape index (κ2) is 7.80. The lowest BCUT2D eigenvalue weighted by atomic mass is 9.88. The van der Waals surface area contributed by atoms with Crippen LogP contribution in [0.5, 0.6) is 0 Å². The monoisotopic (exact) mass is 438 g/mol. The Hall–Kier alpha value is -2.65. The minimum Gasteiger partial charge on any atom is -0.334 e. The zero-order valence-electron chi connectivity index (χ0n) is 17.5. The molecule has 2 aliphatic rings. The number of hydrogen-bond donors (Lipinski definition) is 0. The van der Waals surface area contributed by atoms with Crippen molar-refractivity contribution in [3.8, 4) is 0 Å². The minimum absolute atomic E-state index is 0.0319. The fourth-order valence-corrected chi connectivity index (χ4v) is 4.89. The third-order valence-corrected chi connectivity index (χ3v) is 6.57. The van der Waals surface area contributed by atoms with Gasteiger partial charge in [-0.05, 0) is 31.7 Å². The number of carbonyl (C=O) groups excluding carboxylic acids is 1. The summed E-state index contributed by atoms with van der Waals surface area (Å²) in [6, 6.07) is 0.282. The quantitative estimate of drug-likeness (QED) is 0.723. The Morgan fingerprint density at radius 3 is 2.35 bits per heavy atom. The van der Waals surface area contributed by atoms with Crippen molar-refractivity contribution in [2.45, 2.75) is 57.2 Å². The zero-order chi connectivity index (χ0) is 22.5. The first kappa shape index (κ1) is 21.6. The Morgan fingerprint density at radius 2 is 1.71 bits per heavy atom. The maximum absolute atomic E-state index is 13.9. The minimum atomic E-state index is -4.81. The number of aryl methyl sites for hydroxylation is 1. The fraction of sp³-hybridized carbons (Fsp3) is 0.619. The van der Waals surface area contributed by atoms with Crippen molar-refractivity contribution in [3.63, 3.8) is 0 Å². The molecule has 2 fully saturated rings. The van der Waals surface area contributed by atoms with Gasteiger partial charge in [-0.15, -0.1) is 0 Å². The van der Waals surface area contributed by atoms with Crippen molar-refractivity contribution in [1.29, 1.82) is 0 Å². The van der Waals surface area contributed by atoms with Gasteiger partial charge >= 0.3 is 11.9 Å². The smallest absolute Gasteiger partial charge is 0.334 e. The number of aromatic nitrogens is 3. The molecule has 0 radical (unpaired) electrons. The molecule has 2 aromatic rings. The van der Waals surface area contributed by atoms with Crippen molar-refractivity contribution in [3.05, 3.63) is 38.2 Å². The molecule has 1 unspecified atom stereocenters. The van der Waals surface area contributed by atoms with Crippen LogP contribution in [0.1, 0.15) is 62.2 Å². The highest BCUT2D eigenvalue weighted by Crippen LogP contribution is 2.39. The van der Waals surface area contributed by atoms with Gasteiger partial charge in [0.1, 0.15) is 5.65 Å². The Labute approximate surface area is 176 Å². The molecule has 0 aromatic carbocycles. The van der Waals surface area contributed by atoms with E-state index in [1.807, 2.05) is 0 Å². The summed E-state index contributed by atoms with van der Waals surface area (Å²) in [6.07, 6.45) is 0.997. The number of likely N-dealkylation sites (tertiary alicyclic amines) is 1. The summed E-state index contributed by atoms with van der Waals surface area (Å²) in [7, 11) is 2.43. The number of alkyl halides is 3. The molecule has 1 aliphatic heterocycles. The van der Waals surface area contributed by atoms with Crippen molar-refractivity contribution >= 4 is 16.9 Å². The molecule has 0 spiro atoms. The number of amides is 1. The second-order valence-electron chi connectivity index (χ2n) is 8.52. The zero-order valence-corrected chi connectivity index (χ0v) is 17.5. The topological polar surface area (TPSA) is 77.2 Å². The van der Waals surface area contributed by atoms with E-state index < -0.39 is 34.4 Å². The molecule has 1 amide bonds. The van der Waals surface area contributed by atoms with E-state index in [0.717, 1.165) is 49.8 Å². The normalized spacial score (nSPS) is 20.5. The summed E-state index contributed by atoms with van der Waals surface area (Å²) in [4.78, 5) is 43.9. The molecule has 10 heteroatoms. The van der Waals surface area contributed by atoms with Crippen molar-refractivity contribution in [2.75, 3.05) is 6.54 Å². The van der Waals surface area contributed by atoms with Gasteiger partial charge < -0.3 is 4.90 Å². The first-order valence-corrected chi connectivity index (χ1v) is 10.6. The lowest BCUT2D eigenvalue weighted by Gasteiger charge is -2.30. The molecule has 31 heavy (non-hydrogen) atoms.